The van der Waals surface area contributed by atoms with Crippen LogP contribution in [0, 0.1) is 23.7 Å². The molecule has 1 fully saturated rings. The van der Waals surface area contributed by atoms with Crippen LogP contribution in [0.15, 0.2) is 61.0 Å². The average molecular weight is 1080 g/mol. The summed E-state index contributed by atoms with van der Waals surface area (Å²) in [5.41, 5.74) is 1.19. The van der Waals surface area contributed by atoms with Crippen LogP contribution in [0.5, 0.6) is 0 Å². The molecule has 22 nitrogen and oxygen atoms in total. The lowest BCUT2D eigenvalue weighted by Gasteiger charge is -2.39. The number of methoxy groups -OCH3 is 2. The zero-order chi connectivity index (χ0) is 57.2. The fourth-order valence-electron chi connectivity index (χ4n) is 9.41. The number of rotatable bonds is 35. The van der Waals surface area contributed by atoms with Gasteiger partial charge >= 0.3 is 5.97 Å². The third kappa shape index (κ3) is 19.9. The molecule has 1 aliphatic rings. The van der Waals surface area contributed by atoms with E-state index in [1.54, 1.807) is 81.5 Å². The smallest absolute Gasteiger partial charge is 0.326 e. The number of imide groups is 1. The Morgan fingerprint density at radius 3 is 2.19 bits per heavy atom. The summed E-state index contributed by atoms with van der Waals surface area (Å²) >= 11 is 0. The lowest BCUT2D eigenvalue weighted by atomic mass is 9.88. The summed E-state index contributed by atoms with van der Waals surface area (Å²) in [4.78, 5) is 111. The molecular formula is C55H85N9O13. The normalized spacial score (nSPS) is 16.8. The molecule has 7 amide bonds. The number of ether oxygens (including phenoxy) is 4. The van der Waals surface area contributed by atoms with Crippen molar-refractivity contribution in [3.8, 4) is 0 Å². The SMILES string of the molecule is CC=CN(C(=O)CCOCCOCCn1cc(CN(C=O)C(=O)/C=C\C)nn1)C(C(=O)NCC(=O)N(C)C(C(C)CC)C(CC(=O)N1CCCC1C(OC)C(C)C(=O)N[C@@H](Cc1ccccc1)C(=O)O)OC)C(C)C(C)C. The molecule has 8 unspecified atom stereocenters. The van der Waals surface area contributed by atoms with Crippen LogP contribution >= 0.6 is 0 Å². The summed E-state index contributed by atoms with van der Waals surface area (Å²) in [5, 5.41) is 23.5. The van der Waals surface area contributed by atoms with Crippen molar-refractivity contribution in [1.29, 1.82) is 0 Å². The number of nitrogens with one attached hydrogen (secondary N) is 2. The third-order valence-electron chi connectivity index (χ3n) is 14.3. The summed E-state index contributed by atoms with van der Waals surface area (Å²) in [6, 6.07) is 5.81. The van der Waals surface area contributed by atoms with Crippen molar-refractivity contribution >= 4 is 47.8 Å². The summed E-state index contributed by atoms with van der Waals surface area (Å²) < 4.78 is 24.8. The molecule has 2 aromatic rings. The molecule has 0 radical (unpaired) electrons. The van der Waals surface area contributed by atoms with Crippen molar-refractivity contribution in [2.75, 3.05) is 60.8 Å². The predicted molar refractivity (Wildman–Crippen MR) is 286 cm³/mol. The second-order valence-electron chi connectivity index (χ2n) is 19.8. The van der Waals surface area contributed by atoms with Crippen molar-refractivity contribution in [1.82, 2.24) is 45.2 Å². The topological polar surface area (TPSA) is 261 Å². The molecule has 0 saturated carbocycles. The first kappa shape index (κ1) is 64.9. The van der Waals surface area contributed by atoms with Gasteiger partial charge in [0.05, 0.1) is 95.3 Å². The van der Waals surface area contributed by atoms with E-state index >= 15 is 0 Å². The molecule has 1 aromatic carbocycles. The maximum absolute atomic E-state index is 14.3. The van der Waals surface area contributed by atoms with Gasteiger partial charge in [-0.05, 0) is 56.1 Å². The molecular weight excluding hydrogens is 995 g/mol. The van der Waals surface area contributed by atoms with Crippen LogP contribution in [-0.2, 0) is 76.8 Å². The maximum Gasteiger partial charge on any atom is 0.326 e. The second kappa shape index (κ2) is 33.7. The van der Waals surface area contributed by atoms with Crippen molar-refractivity contribution in [2.24, 2.45) is 23.7 Å². The third-order valence-corrected chi connectivity index (χ3v) is 14.3. The van der Waals surface area contributed by atoms with Crippen LogP contribution in [0.1, 0.15) is 98.8 Å². The first-order valence-electron chi connectivity index (χ1n) is 26.6. The first-order chi connectivity index (χ1) is 36.8. The molecule has 428 valence electrons. The highest BCUT2D eigenvalue weighted by Gasteiger charge is 2.43. The van der Waals surface area contributed by atoms with E-state index in [1.165, 1.54) is 34.8 Å². The van der Waals surface area contributed by atoms with E-state index in [2.05, 4.69) is 20.9 Å². The molecule has 1 aliphatic heterocycles. The van der Waals surface area contributed by atoms with Crippen LogP contribution in [0.2, 0.25) is 0 Å². The van der Waals surface area contributed by atoms with Gasteiger partial charge in [-0.25, -0.2) is 9.48 Å². The Labute approximate surface area is 454 Å². The number of carbonyl (C=O) groups is 8. The molecule has 1 aromatic heterocycles. The fourth-order valence-corrected chi connectivity index (χ4v) is 9.41. The largest absolute Gasteiger partial charge is 0.480 e. The van der Waals surface area contributed by atoms with Gasteiger partial charge in [0, 0.05) is 40.4 Å². The van der Waals surface area contributed by atoms with E-state index in [4.69, 9.17) is 18.9 Å². The van der Waals surface area contributed by atoms with Gasteiger partial charge in [-0.1, -0.05) is 95.7 Å². The highest BCUT2D eigenvalue weighted by Crippen LogP contribution is 2.30. The van der Waals surface area contributed by atoms with Crippen LogP contribution in [-0.4, -0.2) is 185 Å². The summed E-state index contributed by atoms with van der Waals surface area (Å²) in [6.07, 6.45) is 8.43. The maximum atomic E-state index is 14.3. The van der Waals surface area contributed by atoms with E-state index in [9.17, 15) is 43.5 Å². The Morgan fingerprint density at radius 2 is 1.60 bits per heavy atom. The molecule has 0 aliphatic carbocycles. The molecule has 77 heavy (non-hydrogen) atoms. The number of allylic oxidation sites excluding steroid dienone is 2. The number of hydrogen-bond donors (Lipinski definition) is 3. The van der Waals surface area contributed by atoms with Gasteiger partial charge < -0.3 is 49.4 Å². The number of likely N-dealkylation sites (N-methyl/N-ethyl adjacent to an activating group) is 1. The summed E-state index contributed by atoms with van der Waals surface area (Å²) in [7, 11) is 4.58. The van der Waals surface area contributed by atoms with Gasteiger partial charge in [0.2, 0.25) is 35.9 Å². The van der Waals surface area contributed by atoms with Gasteiger partial charge in [0.15, 0.2) is 0 Å². The minimum Gasteiger partial charge on any atom is -0.480 e. The monoisotopic (exact) mass is 1080 g/mol. The molecule has 2 heterocycles. The van der Waals surface area contributed by atoms with Gasteiger partial charge in [-0.15, -0.1) is 5.10 Å². The van der Waals surface area contributed by atoms with Crippen molar-refractivity contribution < 1.29 is 62.4 Å². The minimum absolute atomic E-state index is 0.0187. The van der Waals surface area contributed by atoms with E-state index in [0.717, 1.165) is 10.5 Å². The molecule has 3 N–H and O–H groups in total. The number of carbonyl (C=O) groups excluding carboxylic acids is 7. The number of amides is 7. The Bertz CT molecular complexity index is 2260. The number of aromatic nitrogens is 3. The number of likely N-dealkylation sites (tertiary alicyclic amines) is 1. The number of carboxylic acid groups (broad SMARTS) is 1. The minimum atomic E-state index is -1.17. The van der Waals surface area contributed by atoms with Crippen LogP contribution in [0.3, 0.4) is 0 Å². The van der Waals surface area contributed by atoms with Gasteiger partial charge in [-0.3, -0.25) is 38.5 Å². The lowest BCUT2D eigenvalue weighted by Crippen LogP contribution is -2.56. The molecule has 0 bridgehead atoms. The molecule has 9 atom stereocenters. The Morgan fingerprint density at radius 1 is 0.909 bits per heavy atom. The van der Waals surface area contributed by atoms with Crippen molar-refractivity contribution in [3.05, 3.63) is 72.2 Å². The van der Waals surface area contributed by atoms with Crippen LogP contribution in [0.25, 0.3) is 0 Å². The number of nitrogens with zero attached hydrogens (tertiary/aromatic N) is 7. The molecule has 3 rings (SSSR count). The Kier molecular flexibility index (Phi) is 28.4. The van der Waals surface area contributed by atoms with E-state index in [1.807, 2.05) is 40.7 Å². The lowest BCUT2D eigenvalue weighted by molar-refractivity contribution is -0.147. The second-order valence-corrected chi connectivity index (χ2v) is 19.8. The Hall–Kier alpha value is -6.36. The number of hydrogen-bond acceptors (Lipinski definition) is 14. The van der Waals surface area contributed by atoms with Crippen LogP contribution in [0.4, 0.5) is 0 Å². The van der Waals surface area contributed by atoms with Crippen LogP contribution < -0.4 is 10.6 Å². The summed E-state index contributed by atoms with van der Waals surface area (Å²) in [5.74, 6) is -4.99. The Balaban J connectivity index is 1.61. The van der Waals surface area contributed by atoms with E-state index in [-0.39, 0.29) is 88.3 Å². The van der Waals surface area contributed by atoms with E-state index < -0.39 is 71.9 Å². The molecule has 0 spiro atoms. The van der Waals surface area contributed by atoms with Gasteiger partial charge in [-0.2, -0.15) is 0 Å². The number of benzene rings is 1. The standard InChI is InChI=1S/C55H85N9O13/c1-12-19-46(66)61(36-65)34-42-35-62(59-58-42)26-28-77-30-29-76-27-23-47(67)64(24-13-2)51(39(7)37(4)5)54(71)56-33-49(69)60(9)50(38(6)14-3)45(74-10)32-48(68)63-25-18-22-44(63)52(75-11)40(8)53(70)57-43(55(72)73)31-41-20-16-15-17-21-41/h12-13,15-17,19-21,24,35-40,43-45,50-52H,14,18,22-23,25-34H2,1-11H3,(H,56,71)(H,57,70)(H,72,73)/b19-12-,24-13?/t38?,39?,40?,43-,44?,45?,50?,51?,52?/m0/s1. The highest BCUT2D eigenvalue weighted by atomic mass is 16.5. The number of aliphatic carboxylic acids is 1. The highest BCUT2D eigenvalue weighted by molar-refractivity contribution is 5.94. The zero-order valence-corrected chi connectivity index (χ0v) is 47.0. The van der Waals surface area contributed by atoms with E-state index in [0.29, 0.717) is 44.5 Å². The summed E-state index contributed by atoms with van der Waals surface area (Å²) in [6.45, 7) is 15.9. The zero-order valence-electron chi connectivity index (χ0n) is 47.0. The number of carboxylic acids is 1. The average Bonchev–Trinajstić information content (AvgIpc) is 4.09. The van der Waals surface area contributed by atoms with Crippen molar-refractivity contribution in [2.45, 2.75) is 143 Å². The quantitative estimate of drug-likeness (QED) is 0.0506. The van der Waals surface area contributed by atoms with Crippen molar-refractivity contribution in [3.63, 3.8) is 0 Å². The molecule has 1 saturated heterocycles. The first-order valence-corrected chi connectivity index (χ1v) is 26.6. The fraction of sp³-hybridized carbons (Fsp3) is 0.636. The van der Waals surface area contributed by atoms with Gasteiger partial charge in [0.1, 0.15) is 17.8 Å². The molecule has 22 heteroatoms. The van der Waals surface area contributed by atoms with Gasteiger partial charge in [0.25, 0.3) is 5.91 Å². The predicted octanol–water partition coefficient (Wildman–Crippen LogP) is 3.63.